The summed E-state index contributed by atoms with van der Waals surface area (Å²) < 4.78 is 6.88. The number of hydrogen-bond acceptors (Lipinski definition) is 4. The van der Waals surface area contributed by atoms with Crippen LogP contribution in [0.25, 0.3) is 0 Å². The summed E-state index contributed by atoms with van der Waals surface area (Å²) in [7, 11) is 0. The van der Waals surface area contributed by atoms with Crippen LogP contribution in [-0.4, -0.2) is 14.7 Å². The van der Waals surface area contributed by atoms with Crippen LogP contribution in [0.5, 0.6) is 0 Å². The van der Waals surface area contributed by atoms with Crippen LogP contribution < -0.4 is 0 Å². The molecular formula is C11H12N4O. The van der Waals surface area contributed by atoms with Crippen LogP contribution in [0.1, 0.15) is 30.8 Å². The standard InChI is InChI=1S/C11H12N4O/c1-2-4-10-13-11(16-14-10)8-15-6-3-5-9(15)7-12/h3,5-6H,2,4,8H2,1H3. The molecule has 2 rings (SSSR count). The summed E-state index contributed by atoms with van der Waals surface area (Å²) in [6, 6.07) is 5.68. The van der Waals surface area contributed by atoms with Gasteiger partial charge in [0.2, 0.25) is 5.89 Å². The fourth-order valence-electron chi connectivity index (χ4n) is 1.48. The molecule has 0 aliphatic rings. The number of hydrogen-bond donors (Lipinski definition) is 0. The van der Waals surface area contributed by atoms with Gasteiger partial charge in [-0.2, -0.15) is 10.2 Å². The lowest BCUT2D eigenvalue weighted by Gasteiger charge is -1.98. The van der Waals surface area contributed by atoms with Crippen LogP contribution in [0.2, 0.25) is 0 Å². The molecule has 5 nitrogen and oxygen atoms in total. The molecule has 2 aromatic rings. The van der Waals surface area contributed by atoms with Gasteiger partial charge in [0.15, 0.2) is 5.82 Å². The second-order valence-corrected chi connectivity index (χ2v) is 3.49. The summed E-state index contributed by atoms with van der Waals surface area (Å²) in [5.41, 5.74) is 0.593. The lowest BCUT2D eigenvalue weighted by atomic mass is 10.3. The van der Waals surface area contributed by atoms with Gasteiger partial charge in [0, 0.05) is 12.6 Å². The minimum atomic E-state index is 0.451. The van der Waals surface area contributed by atoms with Crippen LogP contribution in [0.15, 0.2) is 22.9 Å². The van der Waals surface area contributed by atoms with Gasteiger partial charge in [-0.15, -0.1) is 0 Å². The van der Waals surface area contributed by atoms with Crippen molar-refractivity contribution in [1.29, 1.82) is 5.26 Å². The summed E-state index contributed by atoms with van der Waals surface area (Å²) >= 11 is 0. The van der Waals surface area contributed by atoms with Gasteiger partial charge in [0.05, 0.1) is 0 Å². The molecule has 0 fully saturated rings. The Morgan fingerprint density at radius 3 is 3.19 bits per heavy atom. The molecule has 0 bridgehead atoms. The lowest BCUT2D eigenvalue weighted by Crippen LogP contribution is -2.01. The topological polar surface area (TPSA) is 67.6 Å². The first-order valence-corrected chi connectivity index (χ1v) is 5.20. The highest BCUT2D eigenvalue weighted by Crippen LogP contribution is 2.06. The average molecular weight is 216 g/mol. The van der Waals surface area contributed by atoms with Crippen molar-refractivity contribution < 1.29 is 4.52 Å². The molecule has 0 N–H and O–H groups in total. The molecule has 0 aliphatic heterocycles. The minimum Gasteiger partial charge on any atom is -0.337 e. The smallest absolute Gasteiger partial charge is 0.246 e. The summed E-state index contributed by atoms with van der Waals surface area (Å²) in [5, 5.41) is 12.7. The van der Waals surface area contributed by atoms with E-state index in [-0.39, 0.29) is 0 Å². The van der Waals surface area contributed by atoms with E-state index in [2.05, 4.69) is 23.1 Å². The van der Waals surface area contributed by atoms with Gasteiger partial charge in [0.1, 0.15) is 18.3 Å². The van der Waals surface area contributed by atoms with Crippen molar-refractivity contribution in [2.45, 2.75) is 26.3 Å². The van der Waals surface area contributed by atoms with Gasteiger partial charge < -0.3 is 9.09 Å². The number of rotatable bonds is 4. The first-order chi connectivity index (χ1) is 7.83. The zero-order valence-electron chi connectivity index (χ0n) is 9.05. The fourth-order valence-corrected chi connectivity index (χ4v) is 1.48. The van der Waals surface area contributed by atoms with E-state index in [0.29, 0.717) is 18.1 Å². The Morgan fingerprint density at radius 2 is 2.44 bits per heavy atom. The van der Waals surface area contributed by atoms with E-state index in [4.69, 9.17) is 9.78 Å². The maximum Gasteiger partial charge on any atom is 0.246 e. The quantitative estimate of drug-likeness (QED) is 0.780. The monoisotopic (exact) mass is 216 g/mol. The predicted molar refractivity (Wildman–Crippen MR) is 56.5 cm³/mol. The van der Waals surface area contributed by atoms with Crippen LogP contribution in [0.4, 0.5) is 0 Å². The molecular weight excluding hydrogens is 204 g/mol. The van der Waals surface area contributed by atoms with Crippen molar-refractivity contribution in [3.8, 4) is 6.07 Å². The van der Waals surface area contributed by atoms with Gasteiger partial charge in [-0.05, 0) is 18.6 Å². The van der Waals surface area contributed by atoms with E-state index in [1.165, 1.54) is 0 Å². The van der Waals surface area contributed by atoms with Gasteiger partial charge in [-0.1, -0.05) is 12.1 Å². The zero-order chi connectivity index (χ0) is 11.4. The van der Waals surface area contributed by atoms with Crippen LogP contribution in [0, 0.1) is 11.3 Å². The first kappa shape index (κ1) is 10.4. The van der Waals surface area contributed by atoms with E-state index in [1.54, 1.807) is 10.6 Å². The minimum absolute atomic E-state index is 0.451. The van der Waals surface area contributed by atoms with Crippen molar-refractivity contribution >= 4 is 0 Å². The number of nitriles is 1. The Hall–Kier alpha value is -2.09. The number of nitrogens with zero attached hydrogens (tertiary/aromatic N) is 4. The predicted octanol–water partition coefficient (Wildman–Crippen LogP) is 1.74. The van der Waals surface area contributed by atoms with Crippen molar-refractivity contribution in [2.75, 3.05) is 0 Å². The SMILES string of the molecule is CCCc1noc(Cn2cccc2C#N)n1. The molecule has 0 aromatic carbocycles. The van der Waals surface area contributed by atoms with E-state index in [1.807, 2.05) is 12.3 Å². The third-order valence-corrected chi connectivity index (χ3v) is 2.23. The molecule has 0 radical (unpaired) electrons. The molecule has 2 aromatic heterocycles. The number of aromatic nitrogens is 3. The molecule has 0 saturated carbocycles. The zero-order valence-corrected chi connectivity index (χ0v) is 9.05. The Morgan fingerprint density at radius 1 is 1.56 bits per heavy atom. The van der Waals surface area contributed by atoms with Crippen molar-refractivity contribution in [1.82, 2.24) is 14.7 Å². The van der Waals surface area contributed by atoms with Gasteiger partial charge in [-0.3, -0.25) is 0 Å². The Balaban J connectivity index is 2.12. The van der Waals surface area contributed by atoms with Gasteiger partial charge in [0.25, 0.3) is 0 Å². The summed E-state index contributed by atoms with van der Waals surface area (Å²) in [5.74, 6) is 1.26. The third kappa shape index (κ3) is 2.11. The largest absolute Gasteiger partial charge is 0.337 e. The molecule has 82 valence electrons. The molecule has 0 saturated heterocycles. The highest BCUT2D eigenvalue weighted by Gasteiger charge is 2.07. The lowest BCUT2D eigenvalue weighted by molar-refractivity contribution is 0.366. The van der Waals surface area contributed by atoms with Crippen LogP contribution >= 0.6 is 0 Å². The van der Waals surface area contributed by atoms with Gasteiger partial charge >= 0.3 is 0 Å². The molecule has 5 heteroatoms. The summed E-state index contributed by atoms with van der Waals surface area (Å²) in [4.78, 5) is 4.24. The van der Waals surface area contributed by atoms with Crippen molar-refractivity contribution in [3.63, 3.8) is 0 Å². The molecule has 16 heavy (non-hydrogen) atoms. The molecule has 0 unspecified atom stereocenters. The molecule has 2 heterocycles. The Labute approximate surface area is 93.3 Å². The van der Waals surface area contributed by atoms with E-state index in [9.17, 15) is 0 Å². The third-order valence-electron chi connectivity index (χ3n) is 2.23. The van der Waals surface area contributed by atoms with Gasteiger partial charge in [-0.25, -0.2) is 0 Å². The Kier molecular flexibility index (Phi) is 3.01. The Bertz CT molecular complexity index is 506. The highest BCUT2D eigenvalue weighted by molar-refractivity contribution is 5.22. The number of aryl methyl sites for hydroxylation is 1. The maximum absolute atomic E-state index is 8.84. The average Bonchev–Trinajstić information content (AvgIpc) is 2.89. The summed E-state index contributed by atoms with van der Waals surface area (Å²) in [6.07, 6.45) is 3.63. The fraction of sp³-hybridized carbons (Fsp3) is 0.364. The first-order valence-electron chi connectivity index (χ1n) is 5.20. The molecule has 0 aliphatic carbocycles. The second-order valence-electron chi connectivity index (χ2n) is 3.49. The normalized spacial score (nSPS) is 10.2. The van der Waals surface area contributed by atoms with E-state index in [0.717, 1.165) is 18.7 Å². The van der Waals surface area contributed by atoms with E-state index >= 15 is 0 Å². The van der Waals surface area contributed by atoms with Crippen LogP contribution in [0.3, 0.4) is 0 Å². The summed E-state index contributed by atoms with van der Waals surface area (Å²) in [6.45, 7) is 2.52. The van der Waals surface area contributed by atoms with Crippen LogP contribution in [-0.2, 0) is 13.0 Å². The molecule has 0 amide bonds. The highest BCUT2D eigenvalue weighted by atomic mass is 16.5. The van der Waals surface area contributed by atoms with Crippen molar-refractivity contribution in [3.05, 3.63) is 35.7 Å². The van der Waals surface area contributed by atoms with Crippen molar-refractivity contribution in [2.24, 2.45) is 0 Å². The molecule has 0 atom stereocenters. The maximum atomic E-state index is 8.84. The molecule has 0 spiro atoms. The van der Waals surface area contributed by atoms with E-state index < -0.39 is 0 Å². The second kappa shape index (κ2) is 4.62.